The number of nitrogens with one attached hydrogen (secondary N) is 1. The number of alkyl halides is 3. The molecule has 90 valence electrons. The van der Waals surface area contributed by atoms with Crippen molar-refractivity contribution in [3.8, 4) is 0 Å². The monoisotopic (exact) mass is 243 g/mol. The minimum atomic E-state index is -5.39. The van der Waals surface area contributed by atoms with Crippen molar-refractivity contribution in [1.29, 1.82) is 0 Å². The van der Waals surface area contributed by atoms with Crippen LogP contribution in [0.25, 0.3) is 0 Å². The van der Waals surface area contributed by atoms with Crippen molar-refractivity contribution in [2.45, 2.75) is 18.0 Å². The van der Waals surface area contributed by atoms with Gasteiger partial charge in [-0.2, -0.15) is 13.2 Å². The molecule has 16 heavy (non-hydrogen) atoms. The highest BCUT2D eigenvalue weighted by Gasteiger charge is 2.60. The summed E-state index contributed by atoms with van der Waals surface area (Å²) in [5.41, 5.74) is -3.41. The van der Waals surface area contributed by atoms with Crippen molar-refractivity contribution in [3.05, 3.63) is 0 Å². The van der Waals surface area contributed by atoms with Gasteiger partial charge in [-0.1, -0.05) is 0 Å². The smallest absolute Gasteiger partial charge is 0.387 e. The lowest BCUT2D eigenvalue weighted by atomic mass is 10.1. The quantitative estimate of drug-likeness (QED) is 0.273. The standard InChI is InChI=1S/C6H4F3NO6/c7-6(8,9)3(13)10-5(15)1(11)2(12)16-4(5)14/h1,11,15H,(H,10,13). The Morgan fingerprint density at radius 1 is 1.44 bits per heavy atom. The molecule has 0 aliphatic carbocycles. The molecule has 2 atom stereocenters. The number of carbonyl (C=O) groups excluding carboxylic acids is 3. The van der Waals surface area contributed by atoms with Gasteiger partial charge in [-0.3, -0.25) is 4.79 Å². The minimum absolute atomic E-state index is 0.771. The predicted molar refractivity (Wildman–Crippen MR) is 36.3 cm³/mol. The average Bonchev–Trinajstić information content (AvgIpc) is 2.29. The fourth-order valence-corrected chi connectivity index (χ4v) is 0.871. The molecular formula is C6H4F3NO6. The third kappa shape index (κ3) is 1.84. The van der Waals surface area contributed by atoms with Crippen LogP contribution in [0.3, 0.4) is 0 Å². The molecule has 1 rings (SSSR count). The molecule has 1 heterocycles. The van der Waals surface area contributed by atoms with Gasteiger partial charge < -0.3 is 20.3 Å². The summed E-state index contributed by atoms with van der Waals surface area (Å²) in [6.45, 7) is 0. The van der Waals surface area contributed by atoms with E-state index in [4.69, 9.17) is 10.2 Å². The Morgan fingerprint density at radius 3 is 2.25 bits per heavy atom. The third-order valence-corrected chi connectivity index (χ3v) is 1.69. The number of amides is 1. The van der Waals surface area contributed by atoms with Gasteiger partial charge in [0.15, 0.2) is 0 Å². The van der Waals surface area contributed by atoms with E-state index in [-0.39, 0.29) is 0 Å². The SMILES string of the molecule is O=C1OC(=O)C(O)(NC(=O)C(F)(F)F)C1O. The number of aliphatic hydroxyl groups excluding tert-OH is 1. The zero-order valence-electron chi connectivity index (χ0n) is 7.24. The lowest BCUT2D eigenvalue weighted by Gasteiger charge is -2.21. The Labute approximate surface area is 84.8 Å². The second kappa shape index (κ2) is 3.42. The van der Waals surface area contributed by atoms with Crippen molar-refractivity contribution in [2.24, 2.45) is 0 Å². The Morgan fingerprint density at radius 2 is 1.94 bits per heavy atom. The highest BCUT2D eigenvalue weighted by Crippen LogP contribution is 2.22. The maximum Gasteiger partial charge on any atom is 0.471 e. The van der Waals surface area contributed by atoms with Crippen LogP contribution in [0.4, 0.5) is 13.2 Å². The zero-order valence-corrected chi connectivity index (χ0v) is 7.24. The highest BCUT2D eigenvalue weighted by molar-refractivity contribution is 6.04. The average molecular weight is 243 g/mol. The van der Waals surface area contributed by atoms with E-state index in [1.54, 1.807) is 0 Å². The maximum atomic E-state index is 11.8. The number of halogens is 3. The molecule has 0 aromatic heterocycles. The molecule has 1 fully saturated rings. The number of cyclic esters (lactones) is 2. The molecule has 0 bridgehead atoms. The summed E-state index contributed by atoms with van der Waals surface area (Å²) in [4.78, 5) is 31.7. The highest BCUT2D eigenvalue weighted by atomic mass is 19.4. The van der Waals surface area contributed by atoms with Gasteiger partial charge in [0.1, 0.15) is 0 Å². The predicted octanol–water partition coefficient (Wildman–Crippen LogP) is -2.20. The molecule has 0 spiro atoms. The number of ether oxygens (including phenoxy) is 1. The van der Waals surface area contributed by atoms with E-state index in [1.165, 1.54) is 0 Å². The lowest BCUT2D eigenvalue weighted by Crippen LogP contribution is -2.61. The molecule has 1 aliphatic heterocycles. The summed E-state index contributed by atoms with van der Waals surface area (Å²) in [7, 11) is 0. The maximum absolute atomic E-state index is 11.8. The summed E-state index contributed by atoms with van der Waals surface area (Å²) in [5, 5.41) is 18.8. The normalized spacial score (nSPS) is 30.2. The van der Waals surface area contributed by atoms with E-state index in [9.17, 15) is 27.6 Å². The molecule has 3 N–H and O–H groups in total. The molecular weight excluding hydrogens is 239 g/mol. The van der Waals surface area contributed by atoms with Gasteiger partial charge in [-0.05, 0) is 0 Å². The first-order valence-electron chi connectivity index (χ1n) is 3.65. The van der Waals surface area contributed by atoms with E-state index in [0.29, 0.717) is 0 Å². The van der Waals surface area contributed by atoms with Gasteiger partial charge in [-0.25, -0.2) is 9.59 Å². The molecule has 1 saturated heterocycles. The Bertz CT molecular complexity index is 366. The van der Waals surface area contributed by atoms with E-state index < -0.39 is 35.9 Å². The van der Waals surface area contributed by atoms with Crippen molar-refractivity contribution < 1.29 is 42.5 Å². The molecule has 0 saturated carbocycles. The van der Waals surface area contributed by atoms with Crippen LogP contribution in [0, 0.1) is 0 Å². The second-order valence-electron chi connectivity index (χ2n) is 2.83. The van der Waals surface area contributed by atoms with Crippen LogP contribution in [0.15, 0.2) is 0 Å². The van der Waals surface area contributed by atoms with Crippen LogP contribution in [-0.2, 0) is 19.1 Å². The number of rotatable bonds is 1. The molecule has 1 aliphatic rings. The van der Waals surface area contributed by atoms with Crippen LogP contribution >= 0.6 is 0 Å². The number of hydrogen-bond acceptors (Lipinski definition) is 6. The first-order valence-corrected chi connectivity index (χ1v) is 3.65. The Hall–Kier alpha value is -1.68. The van der Waals surface area contributed by atoms with Crippen molar-refractivity contribution in [2.75, 3.05) is 0 Å². The molecule has 0 radical (unpaired) electrons. The number of aliphatic hydroxyl groups is 2. The van der Waals surface area contributed by atoms with Crippen LogP contribution < -0.4 is 5.32 Å². The topological polar surface area (TPSA) is 113 Å². The molecule has 0 aromatic rings. The minimum Gasteiger partial charge on any atom is -0.387 e. The number of esters is 2. The van der Waals surface area contributed by atoms with Gasteiger partial charge >= 0.3 is 24.0 Å². The molecule has 10 heteroatoms. The summed E-state index contributed by atoms with van der Waals surface area (Å²) >= 11 is 0. The third-order valence-electron chi connectivity index (χ3n) is 1.69. The van der Waals surface area contributed by atoms with Gasteiger partial charge in [0.2, 0.25) is 6.10 Å². The summed E-state index contributed by atoms with van der Waals surface area (Å²) < 4.78 is 39.0. The number of carbonyl (C=O) groups is 3. The van der Waals surface area contributed by atoms with E-state index in [2.05, 4.69) is 4.74 Å². The van der Waals surface area contributed by atoms with E-state index in [0.717, 1.165) is 5.32 Å². The van der Waals surface area contributed by atoms with Crippen molar-refractivity contribution in [1.82, 2.24) is 5.32 Å². The first-order chi connectivity index (χ1) is 7.09. The van der Waals surface area contributed by atoms with Crippen molar-refractivity contribution >= 4 is 17.8 Å². The first kappa shape index (κ1) is 12.4. The number of hydrogen-bond donors (Lipinski definition) is 3. The van der Waals surface area contributed by atoms with Crippen LogP contribution in [0.2, 0.25) is 0 Å². The fourth-order valence-electron chi connectivity index (χ4n) is 0.871. The summed E-state index contributed by atoms with van der Waals surface area (Å²) in [6.07, 6.45) is -7.99. The van der Waals surface area contributed by atoms with Crippen LogP contribution in [0.1, 0.15) is 0 Å². The second-order valence-corrected chi connectivity index (χ2v) is 2.83. The lowest BCUT2D eigenvalue weighted by molar-refractivity contribution is -0.187. The van der Waals surface area contributed by atoms with Gasteiger partial charge in [-0.15, -0.1) is 0 Å². The summed E-state index contributed by atoms with van der Waals surface area (Å²) in [6, 6.07) is 0. The molecule has 0 aromatic carbocycles. The van der Waals surface area contributed by atoms with E-state index in [1.807, 2.05) is 0 Å². The molecule has 7 nitrogen and oxygen atoms in total. The van der Waals surface area contributed by atoms with Gasteiger partial charge in [0.25, 0.3) is 5.72 Å². The molecule has 1 amide bonds. The molecule has 2 unspecified atom stereocenters. The largest absolute Gasteiger partial charge is 0.471 e. The van der Waals surface area contributed by atoms with Crippen LogP contribution in [0.5, 0.6) is 0 Å². The van der Waals surface area contributed by atoms with Crippen molar-refractivity contribution in [3.63, 3.8) is 0 Å². The van der Waals surface area contributed by atoms with Gasteiger partial charge in [0.05, 0.1) is 0 Å². The zero-order chi connectivity index (χ0) is 12.7. The van der Waals surface area contributed by atoms with E-state index >= 15 is 0 Å². The van der Waals surface area contributed by atoms with Crippen LogP contribution in [-0.4, -0.2) is 46.1 Å². The fraction of sp³-hybridized carbons (Fsp3) is 0.500. The Balaban J connectivity index is 2.92. The van der Waals surface area contributed by atoms with Gasteiger partial charge in [0, 0.05) is 0 Å². The summed E-state index contributed by atoms with van der Waals surface area (Å²) in [5.74, 6) is -6.24. The Kier molecular flexibility index (Phi) is 2.65.